The van der Waals surface area contributed by atoms with Gasteiger partial charge in [0.2, 0.25) is 0 Å². The van der Waals surface area contributed by atoms with E-state index in [-0.39, 0.29) is 31.1 Å². The Morgan fingerprint density at radius 1 is 0.350 bits per heavy atom. The molecule has 0 radical (unpaired) electrons. The minimum atomic E-state index is -0.761. The fourth-order valence-corrected chi connectivity index (χ4v) is 8.13. The lowest BCUT2D eigenvalue weighted by Crippen LogP contribution is -2.30. The smallest absolute Gasteiger partial charge is 0.306 e. The maximum atomic E-state index is 12.8. The number of hydrogen-bond donors (Lipinski definition) is 0. The van der Waals surface area contributed by atoms with Crippen LogP contribution in [0.15, 0.2) is 0 Å². The zero-order valence-electron chi connectivity index (χ0n) is 41.1. The van der Waals surface area contributed by atoms with Gasteiger partial charge in [-0.2, -0.15) is 0 Å². The Hall–Kier alpha value is -1.59. The predicted octanol–water partition coefficient (Wildman–Crippen LogP) is 17.3. The fraction of sp³-hybridized carbons (Fsp3) is 0.944. The molecule has 0 aromatic heterocycles. The topological polar surface area (TPSA) is 78.9 Å². The molecule has 0 saturated carbocycles. The molecule has 0 aliphatic carbocycles. The van der Waals surface area contributed by atoms with Crippen LogP contribution >= 0.6 is 0 Å². The van der Waals surface area contributed by atoms with Crippen LogP contribution in [-0.2, 0) is 28.6 Å². The van der Waals surface area contributed by atoms with E-state index in [2.05, 4.69) is 34.6 Å². The fourth-order valence-electron chi connectivity index (χ4n) is 8.13. The van der Waals surface area contributed by atoms with E-state index in [9.17, 15) is 14.4 Å². The molecule has 60 heavy (non-hydrogen) atoms. The van der Waals surface area contributed by atoms with Crippen LogP contribution in [0.4, 0.5) is 0 Å². The first-order valence-corrected chi connectivity index (χ1v) is 26.8. The largest absolute Gasteiger partial charge is 0.462 e. The first-order chi connectivity index (χ1) is 29.3. The Morgan fingerprint density at radius 3 is 0.950 bits per heavy atom. The van der Waals surface area contributed by atoms with Crippen LogP contribution in [0.2, 0.25) is 0 Å². The number of hydrogen-bond acceptors (Lipinski definition) is 6. The molecular weight excluding hydrogens is 745 g/mol. The van der Waals surface area contributed by atoms with E-state index in [0.29, 0.717) is 19.3 Å². The lowest BCUT2D eigenvalue weighted by molar-refractivity contribution is -0.167. The van der Waals surface area contributed by atoms with Gasteiger partial charge < -0.3 is 14.2 Å². The van der Waals surface area contributed by atoms with Crippen molar-refractivity contribution >= 4 is 17.9 Å². The van der Waals surface area contributed by atoms with E-state index in [0.717, 1.165) is 69.6 Å². The van der Waals surface area contributed by atoms with Crippen molar-refractivity contribution in [2.75, 3.05) is 13.2 Å². The molecule has 0 N–H and O–H groups in total. The van der Waals surface area contributed by atoms with Gasteiger partial charge in [-0.05, 0) is 31.1 Å². The van der Waals surface area contributed by atoms with Gasteiger partial charge in [0.15, 0.2) is 6.10 Å². The number of unbranched alkanes of at least 4 members (excludes halogenated alkanes) is 32. The summed E-state index contributed by atoms with van der Waals surface area (Å²) in [5, 5.41) is 0. The summed E-state index contributed by atoms with van der Waals surface area (Å²) < 4.78 is 16.8. The highest BCUT2D eigenvalue weighted by Crippen LogP contribution is 2.18. The van der Waals surface area contributed by atoms with Gasteiger partial charge in [-0.15, -0.1) is 0 Å². The number of ether oxygens (including phenoxy) is 3. The van der Waals surface area contributed by atoms with E-state index in [1.165, 1.54) is 186 Å². The average molecular weight is 849 g/mol. The third kappa shape index (κ3) is 45.9. The monoisotopic (exact) mass is 849 g/mol. The van der Waals surface area contributed by atoms with E-state index >= 15 is 0 Å². The molecule has 6 nitrogen and oxygen atoms in total. The minimum absolute atomic E-state index is 0.0634. The summed E-state index contributed by atoms with van der Waals surface area (Å²) in [7, 11) is 0. The van der Waals surface area contributed by atoms with Gasteiger partial charge in [-0.3, -0.25) is 14.4 Å². The van der Waals surface area contributed by atoms with Gasteiger partial charge in [0.25, 0.3) is 0 Å². The predicted molar refractivity (Wildman–Crippen MR) is 256 cm³/mol. The second-order valence-electron chi connectivity index (χ2n) is 19.2. The maximum absolute atomic E-state index is 12.8. The standard InChI is InChI=1S/C54H104O6/c1-6-8-9-10-11-22-29-34-39-44-52(55)58-47-51(60-54(57)46-41-36-31-26-21-17-16-18-23-27-32-37-42-49(3)4)48-59-53(56)45-40-35-30-25-20-15-13-12-14-19-24-28-33-38-43-50(5)7-2/h49-51H,6-48H2,1-5H3/t50?,51-/m0/s1. The van der Waals surface area contributed by atoms with E-state index < -0.39 is 6.10 Å². The molecule has 2 atom stereocenters. The number of carbonyl (C=O) groups excluding carboxylic acids is 3. The van der Waals surface area contributed by atoms with E-state index in [1.54, 1.807) is 0 Å². The Labute approximate surface area is 374 Å². The summed E-state index contributed by atoms with van der Waals surface area (Å²) in [6.45, 7) is 11.4. The Bertz CT molecular complexity index is 918. The Morgan fingerprint density at radius 2 is 0.633 bits per heavy atom. The molecule has 0 amide bonds. The van der Waals surface area contributed by atoms with Gasteiger partial charge in [0.1, 0.15) is 13.2 Å². The second-order valence-corrected chi connectivity index (χ2v) is 19.2. The number of rotatable bonds is 48. The lowest BCUT2D eigenvalue weighted by Gasteiger charge is -2.18. The summed E-state index contributed by atoms with van der Waals surface area (Å²) in [5.74, 6) is 0.880. The van der Waals surface area contributed by atoms with Crippen molar-refractivity contribution in [3.05, 3.63) is 0 Å². The first-order valence-electron chi connectivity index (χ1n) is 26.8. The highest BCUT2D eigenvalue weighted by atomic mass is 16.6. The maximum Gasteiger partial charge on any atom is 0.306 e. The quantitative estimate of drug-likeness (QED) is 0.0345. The van der Waals surface area contributed by atoms with Gasteiger partial charge in [-0.1, -0.05) is 259 Å². The van der Waals surface area contributed by atoms with Gasteiger partial charge in [0, 0.05) is 19.3 Å². The molecule has 1 unspecified atom stereocenters. The molecule has 0 rings (SSSR count). The molecule has 0 spiro atoms. The normalized spacial score (nSPS) is 12.5. The zero-order chi connectivity index (χ0) is 44.0. The van der Waals surface area contributed by atoms with E-state index in [1.807, 2.05) is 0 Å². The van der Waals surface area contributed by atoms with Crippen LogP contribution in [0, 0.1) is 11.8 Å². The van der Waals surface area contributed by atoms with Gasteiger partial charge >= 0.3 is 17.9 Å². The third-order valence-electron chi connectivity index (χ3n) is 12.6. The molecule has 0 aliphatic heterocycles. The van der Waals surface area contributed by atoms with Crippen LogP contribution < -0.4 is 0 Å². The Kier molecular flexibility index (Phi) is 45.7. The Balaban J connectivity index is 4.24. The van der Waals surface area contributed by atoms with Gasteiger partial charge in [0.05, 0.1) is 0 Å². The molecule has 0 aromatic carbocycles. The number of carbonyl (C=O) groups is 3. The van der Waals surface area contributed by atoms with Crippen LogP contribution in [0.5, 0.6) is 0 Å². The summed E-state index contributed by atoms with van der Waals surface area (Å²) >= 11 is 0. The van der Waals surface area contributed by atoms with Crippen molar-refractivity contribution in [2.45, 2.75) is 304 Å². The van der Waals surface area contributed by atoms with Crippen molar-refractivity contribution in [1.82, 2.24) is 0 Å². The highest BCUT2D eigenvalue weighted by Gasteiger charge is 2.19. The van der Waals surface area contributed by atoms with Crippen molar-refractivity contribution < 1.29 is 28.6 Å². The summed E-state index contributed by atoms with van der Waals surface area (Å²) in [5.41, 5.74) is 0. The van der Waals surface area contributed by atoms with Crippen molar-refractivity contribution in [3.63, 3.8) is 0 Å². The van der Waals surface area contributed by atoms with Crippen LogP contribution in [0.25, 0.3) is 0 Å². The zero-order valence-corrected chi connectivity index (χ0v) is 41.1. The minimum Gasteiger partial charge on any atom is -0.462 e. The van der Waals surface area contributed by atoms with Crippen molar-refractivity contribution in [1.29, 1.82) is 0 Å². The van der Waals surface area contributed by atoms with Crippen LogP contribution in [-0.4, -0.2) is 37.2 Å². The summed E-state index contributed by atoms with van der Waals surface area (Å²) in [6.07, 6.45) is 48.0. The molecular formula is C54H104O6. The molecule has 0 fully saturated rings. The first kappa shape index (κ1) is 58.4. The highest BCUT2D eigenvalue weighted by molar-refractivity contribution is 5.71. The average Bonchev–Trinajstić information content (AvgIpc) is 3.23. The molecule has 0 aromatic rings. The van der Waals surface area contributed by atoms with E-state index in [4.69, 9.17) is 14.2 Å². The molecule has 0 aliphatic rings. The number of esters is 3. The van der Waals surface area contributed by atoms with Crippen molar-refractivity contribution in [3.8, 4) is 0 Å². The second kappa shape index (κ2) is 46.9. The SMILES string of the molecule is CCCCCCCCCCCC(=O)OC[C@@H](COC(=O)CCCCCCCCCCCCCCCCC(C)CC)OC(=O)CCCCCCCCCCCCCCC(C)C. The lowest BCUT2D eigenvalue weighted by atomic mass is 9.99. The third-order valence-corrected chi connectivity index (χ3v) is 12.6. The summed E-state index contributed by atoms with van der Waals surface area (Å²) in [4.78, 5) is 37.9. The summed E-state index contributed by atoms with van der Waals surface area (Å²) in [6, 6.07) is 0. The van der Waals surface area contributed by atoms with Crippen molar-refractivity contribution in [2.24, 2.45) is 11.8 Å². The van der Waals surface area contributed by atoms with Gasteiger partial charge in [-0.25, -0.2) is 0 Å². The molecule has 6 heteroatoms. The van der Waals surface area contributed by atoms with Crippen LogP contribution in [0.1, 0.15) is 298 Å². The molecule has 0 bridgehead atoms. The van der Waals surface area contributed by atoms with Crippen LogP contribution in [0.3, 0.4) is 0 Å². The molecule has 0 saturated heterocycles. The molecule has 0 heterocycles. The molecule has 356 valence electrons.